The molecule has 6 saturated heterocycles. The number of fused-ring (bicyclic) bond motifs is 6. The molecule has 6 heterocycles. The summed E-state index contributed by atoms with van der Waals surface area (Å²) in [5.41, 5.74) is -1.98. The van der Waals surface area contributed by atoms with Crippen molar-refractivity contribution in [2.45, 2.75) is 36.8 Å². The van der Waals surface area contributed by atoms with Gasteiger partial charge in [-0.3, -0.25) is 24.0 Å². The highest BCUT2D eigenvalue weighted by Gasteiger charge is 2.56. The lowest BCUT2D eigenvalue weighted by molar-refractivity contribution is -0.158. The molecule has 6 aliphatic rings. The Kier molecular flexibility index (Phi) is 7.54. The molecule has 6 fully saturated rings. The van der Waals surface area contributed by atoms with Crippen LogP contribution in [0.3, 0.4) is 0 Å². The summed E-state index contributed by atoms with van der Waals surface area (Å²) in [6.07, 6.45) is 3.32. The molecule has 1 aromatic rings. The average molecular weight is 521 g/mol. The van der Waals surface area contributed by atoms with Gasteiger partial charge in [-0.2, -0.15) is 0 Å². The van der Waals surface area contributed by atoms with Crippen molar-refractivity contribution in [1.29, 1.82) is 0 Å². The predicted molar refractivity (Wildman–Crippen MR) is 133 cm³/mol. The van der Waals surface area contributed by atoms with Gasteiger partial charge in [0.05, 0.1) is 31.7 Å². The van der Waals surface area contributed by atoms with Gasteiger partial charge in [0, 0.05) is 26.1 Å². The van der Waals surface area contributed by atoms with Crippen LogP contribution in [0.25, 0.3) is 0 Å². The van der Waals surface area contributed by atoms with Gasteiger partial charge in [0.2, 0.25) is 0 Å². The third-order valence-electron chi connectivity index (χ3n) is 8.64. The molecule has 0 aromatic heterocycles. The largest absolute Gasteiger partial charge is 0.382 e. The number of hydrogen-bond acceptors (Lipinski definition) is 9. The minimum Gasteiger partial charge on any atom is -0.382 e. The number of rotatable bonds is 11. The van der Waals surface area contributed by atoms with Gasteiger partial charge in [-0.1, -0.05) is 18.2 Å². The molecule has 0 amide bonds. The van der Waals surface area contributed by atoms with Gasteiger partial charge in [0.15, 0.2) is 11.6 Å². The third kappa shape index (κ3) is 4.33. The van der Waals surface area contributed by atoms with E-state index in [4.69, 9.17) is 18.5 Å². The SMILES string of the molecule is COCC1(COP(=O)(OCC2(COC)C(=O)C3CCN2CC3)c2ccccc2)C(=O)C2CCN1CC2. The van der Waals surface area contributed by atoms with Crippen LogP contribution in [0.15, 0.2) is 30.3 Å². The number of piperidine rings is 6. The molecular weight excluding hydrogens is 483 g/mol. The molecule has 2 atom stereocenters. The second-order valence-electron chi connectivity index (χ2n) is 10.6. The van der Waals surface area contributed by atoms with Crippen LogP contribution in [-0.2, 0) is 32.7 Å². The Hall–Kier alpha value is -1.45. The zero-order valence-electron chi connectivity index (χ0n) is 21.2. The van der Waals surface area contributed by atoms with Crippen molar-refractivity contribution in [3.8, 4) is 0 Å². The molecule has 1 aromatic carbocycles. The fourth-order valence-electron chi connectivity index (χ4n) is 6.60. The Labute approximate surface area is 212 Å². The highest BCUT2D eigenvalue weighted by molar-refractivity contribution is 7.62. The Balaban J connectivity index is 1.42. The van der Waals surface area contributed by atoms with Crippen molar-refractivity contribution in [1.82, 2.24) is 9.80 Å². The molecular formula is C26H37N2O7P. The molecule has 10 heteroatoms. The summed E-state index contributed by atoms with van der Waals surface area (Å²) in [5.74, 6) is 0.115. The van der Waals surface area contributed by atoms with Crippen LogP contribution >= 0.6 is 7.60 Å². The second kappa shape index (κ2) is 10.4. The summed E-state index contributed by atoms with van der Waals surface area (Å²) >= 11 is 0. The van der Waals surface area contributed by atoms with Crippen LogP contribution in [0.5, 0.6) is 0 Å². The highest BCUT2D eigenvalue weighted by atomic mass is 31.2. The Morgan fingerprint density at radius 2 is 1.17 bits per heavy atom. The third-order valence-corrected chi connectivity index (χ3v) is 10.5. The van der Waals surface area contributed by atoms with Crippen molar-refractivity contribution in [2.75, 3.05) is 66.8 Å². The smallest absolute Gasteiger partial charge is 0.361 e. The lowest BCUT2D eigenvalue weighted by Gasteiger charge is -2.53. The van der Waals surface area contributed by atoms with E-state index in [1.165, 1.54) is 0 Å². The van der Waals surface area contributed by atoms with Crippen molar-refractivity contribution in [2.24, 2.45) is 11.8 Å². The van der Waals surface area contributed by atoms with Crippen LogP contribution in [-0.4, -0.2) is 99.3 Å². The van der Waals surface area contributed by atoms with Crippen LogP contribution in [0.4, 0.5) is 0 Å². The maximum absolute atomic E-state index is 14.4. The van der Waals surface area contributed by atoms with E-state index in [-0.39, 0.29) is 49.8 Å². The van der Waals surface area contributed by atoms with Crippen molar-refractivity contribution < 1.29 is 32.7 Å². The summed E-state index contributed by atoms with van der Waals surface area (Å²) in [7, 11) is -0.768. The maximum Gasteiger partial charge on any atom is 0.361 e. The minimum atomic E-state index is -3.90. The zero-order valence-corrected chi connectivity index (χ0v) is 22.1. The van der Waals surface area contributed by atoms with Crippen molar-refractivity contribution in [3.05, 3.63) is 30.3 Å². The van der Waals surface area contributed by atoms with Gasteiger partial charge >= 0.3 is 7.60 Å². The molecule has 0 saturated carbocycles. The van der Waals surface area contributed by atoms with E-state index in [2.05, 4.69) is 9.80 Å². The van der Waals surface area contributed by atoms with E-state index in [1.807, 2.05) is 6.07 Å². The fraction of sp³-hybridized carbons (Fsp3) is 0.692. The maximum atomic E-state index is 14.4. The Bertz CT molecular complexity index is 949. The standard InChI is InChI=1S/C26H37N2O7P/c1-32-16-25(23(29)20-8-12-27(25)13-9-20)18-34-36(31,22-6-4-3-5-7-22)35-19-26(17-33-2)24(30)21-10-14-28(26)15-11-21/h3-7,20-21H,8-19H2,1-2H3. The first-order valence-corrected chi connectivity index (χ1v) is 14.4. The van der Waals surface area contributed by atoms with Gasteiger partial charge in [-0.15, -0.1) is 0 Å². The van der Waals surface area contributed by atoms with Crippen LogP contribution < -0.4 is 5.30 Å². The topological polar surface area (TPSA) is 94.6 Å². The molecule has 0 aliphatic carbocycles. The summed E-state index contributed by atoms with van der Waals surface area (Å²) < 4.78 is 37.8. The van der Waals surface area contributed by atoms with Gasteiger partial charge in [0.25, 0.3) is 0 Å². The molecule has 0 radical (unpaired) electrons. The summed E-state index contributed by atoms with van der Waals surface area (Å²) in [5, 5.41) is 0.400. The predicted octanol–water partition coefficient (Wildman–Crippen LogP) is 1.90. The number of nitrogens with zero attached hydrogens (tertiary/aromatic N) is 2. The van der Waals surface area contributed by atoms with E-state index < -0.39 is 18.7 Å². The Morgan fingerprint density at radius 1 is 0.750 bits per heavy atom. The van der Waals surface area contributed by atoms with E-state index in [1.54, 1.807) is 38.5 Å². The number of carbonyl (C=O) groups is 2. The average Bonchev–Trinajstić information content (AvgIpc) is 2.92. The first-order chi connectivity index (χ1) is 17.4. The van der Waals surface area contributed by atoms with E-state index in [0.717, 1.165) is 51.9 Å². The molecule has 7 rings (SSSR count). The summed E-state index contributed by atoms with van der Waals surface area (Å²) in [6.45, 7) is 3.25. The molecule has 4 bridgehead atoms. The normalized spacial score (nSPS) is 37.3. The van der Waals surface area contributed by atoms with Gasteiger partial charge in [-0.25, -0.2) is 0 Å². The van der Waals surface area contributed by atoms with Crippen molar-refractivity contribution >= 4 is 24.5 Å². The summed E-state index contributed by atoms with van der Waals surface area (Å²) in [4.78, 5) is 31.1. The molecule has 9 nitrogen and oxygen atoms in total. The van der Waals surface area contributed by atoms with E-state index in [0.29, 0.717) is 5.30 Å². The number of ketones is 2. The number of methoxy groups -OCH3 is 2. The quantitative estimate of drug-likeness (QED) is 0.406. The number of benzene rings is 1. The number of ether oxygens (including phenoxy) is 2. The lowest BCUT2D eigenvalue weighted by Crippen LogP contribution is -2.69. The van der Waals surface area contributed by atoms with Gasteiger partial charge in [0.1, 0.15) is 11.1 Å². The highest BCUT2D eigenvalue weighted by Crippen LogP contribution is 2.51. The minimum absolute atomic E-state index is 0.0287. The molecule has 0 N–H and O–H groups in total. The summed E-state index contributed by atoms with van der Waals surface area (Å²) in [6, 6.07) is 8.79. The first kappa shape index (κ1) is 26.2. The molecule has 0 spiro atoms. The number of hydrogen-bond donors (Lipinski definition) is 0. The zero-order chi connectivity index (χ0) is 25.4. The van der Waals surface area contributed by atoms with Crippen molar-refractivity contribution in [3.63, 3.8) is 0 Å². The molecule has 2 unspecified atom stereocenters. The van der Waals surface area contributed by atoms with Gasteiger partial charge in [-0.05, 0) is 64.0 Å². The van der Waals surface area contributed by atoms with Gasteiger partial charge < -0.3 is 18.5 Å². The molecule has 6 aliphatic heterocycles. The second-order valence-corrected chi connectivity index (χ2v) is 12.6. The monoisotopic (exact) mass is 520 g/mol. The van der Waals surface area contributed by atoms with Crippen LogP contribution in [0.1, 0.15) is 25.7 Å². The number of carbonyl (C=O) groups excluding carboxylic acids is 2. The Morgan fingerprint density at radius 3 is 1.53 bits per heavy atom. The fourth-order valence-corrected chi connectivity index (χ4v) is 8.28. The van der Waals surface area contributed by atoms with Crippen LogP contribution in [0, 0.1) is 11.8 Å². The van der Waals surface area contributed by atoms with E-state index >= 15 is 0 Å². The van der Waals surface area contributed by atoms with Crippen LogP contribution in [0.2, 0.25) is 0 Å². The lowest BCUT2D eigenvalue weighted by atomic mass is 9.74. The number of Topliss-reactive ketones (excluding diaryl/α,β-unsaturated/α-hetero) is 2. The molecule has 198 valence electrons. The van der Waals surface area contributed by atoms with E-state index in [9.17, 15) is 14.2 Å². The molecule has 36 heavy (non-hydrogen) atoms. The first-order valence-electron chi connectivity index (χ1n) is 12.9.